The zero-order valence-corrected chi connectivity index (χ0v) is 19.8. The van der Waals surface area contributed by atoms with Gasteiger partial charge in [-0.25, -0.2) is 14.4 Å². The summed E-state index contributed by atoms with van der Waals surface area (Å²) in [5, 5.41) is 14.0. The van der Waals surface area contributed by atoms with Gasteiger partial charge in [0.15, 0.2) is 5.13 Å². The maximum absolute atomic E-state index is 13.2. The number of rotatable bonds is 8. The monoisotopic (exact) mass is 490 g/mol. The maximum Gasteiger partial charge on any atom is 0.261 e. The van der Waals surface area contributed by atoms with Crippen molar-refractivity contribution in [1.82, 2.24) is 20.6 Å². The molecule has 1 unspecified atom stereocenters. The molecular weight excluding hydrogens is 467 g/mol. The maximum atomic E-state index is 13.2. The number of fused-ring (bicyclic) bond motifs is 1. The minimum atomic E-state index is -0.481. The number of thiazole rings is 1. The van der Waals surface area contributed by atoms with Gasteiger partial charge in [-0.3, -0.25) is 4.79 Å². The highest BCUT2D eigenvalue weighted by Gasteiger charge is 2.17. The third kappa shape index (κ3) is 5.44. The van der Waals surface area contributed by atoms with E-state index < -0.39 is 5.91 Å². The van der Waals surface area contributed by atoms with E-state index in [9.17, 15) is 9.18 Å². The molecule has 0 spiro atoms. The third-order valence-electron chi connectivity index (χ3n) is 5.30. The number of nitrogens with one attached hydrogen (secondary N) is 3. The lowest BCUT2D eigenvalue weighted by Crippen LogP contribution is -2.26. The molecule has 0 radical (unpaired) electrons. The number of amides is 1. The first kappa shape index (κ1) is 23.8. The Bertz CT molecular complexity index is 1420. The van der Waals surface area contributed by atoms with Crippen LogP contribution >= 0.6 is 11.3 Å². The summed E-state index contributed by atoms with van der Waals surface area (Å²) in [6, 6.07) is 13.3. The van der Waals surface area contributed by atoms with Crippen LogP contribution in [0, 0.1) is 11.2 Å². The zero-order valence-electron chi connectivity index (χ0n) is 19.0. The van der Waals surface area contributed by atoms with Crippen molar-refractivity contribution in [1.29, 1.82) is 5.41 Å². The van der Waals surface area contributed by atoms with E-state index in [-0.39, 0.29) is 29.0 Å². The molecule has 35 heavy (non-hydrogen) atoms. The highest BCUT2D eigenvalue weighted by atomic mass is 32.1. The van der Waals surface area contributed by atoms with Gasteiger partial charge in [-0.2, -0.15) is 0 Å². The molecule has 0 saturated carbocycles. The van der Waals surface area contributed by atoms with Crippen LogP contribution in [0.2, 0.25) is 0 Å². The van der Waals surface area contributed by atoms with E-state index in [2.05, 4.69) is 20.6 Å². The van der Waals surface area contributed by atoms with Crippen LogP contribution in [0.3, 0.4) is 0 Å². The molecule has 2 heterocycles. The fourth-order valence-electron chi connectivity index (χ4n) is 3.43. The van der Waals surface area contributed by atoms with Crippen molar-refractivity contribution in [2.75, 3.05) is 12.8 Å². The second kappa shape index (κ2) is 10.3. The van der Waals surface area contributed by atoms with E-state index in [0.29, 0.717) is 10.7 Å². The Morgan fingerprint density at radius 2 is 1.97 bits per heavy atom. The molecule has 0 aliphatic carbocycles. The number of nitrogens with two attached hydrogens (primary N) is 1. The number of hydrogen-bond donors (Lipinski definition) is 4. The summed E-state index contributed by atoms with van der Waals surface area (Å²) in [5.41, 5.74) is 9.48. The molecule has 0 bridgehead atoms. The molecule has 0 aliphatic rings. The SMILES string of the molecule is COc1ncc(-c2ccc3nc(N)sc3c2)cc1C(=O)N/C(C=N)=C/NC(C)c1ccc(F)cc1. The first-order valence-corrected chi connectivity index (χ1v) is 11.4. The van der Waals surface area contributed by atoms with E-state index in [4.69, 9.17) is 15.9 Å². The molecule has 4 rings (SSSR count). The van der Waals surface area contributed by atoms with Crippen LogP contribution in [0.5, 0.6) is 5.88 Å². The molecule has 1 atom stereocenters. The lowest BCUT2D eigenvalue weighted by Gasteiger charge is -2.14. The molecule has 0 aliphatic heterocycles. The number of benzene rings is 2. The number of carbonyl (C=O) groups excluding carboxylic acids is 1. The smallest absolute Gasteiger partial charge is 0.261 e. The Labute approximate surface area is 205 Å². The van der Waals surface area contributed by atoms with E-state index >= 15 is 0 Å². The quantitative estimate of drug-likeness (QED) is 0.266. The van der Waals surface area contributed by atoms with Crippen LogP contribution in [0.4, 0.5) is 9.52 Å². The predicted octanol–water partition coefficient (Wildman–Crippen LogP) is 4.66. The van der Waals surface area contributed by atoms with Crippen molar-refractivity contribution in [2.45, 2.75) is 13.0 Å². The van der Waals surface area contributed by atoms with Crippen LogP contribution in [0.15, 0.2) is 66.6 Å². The van der Waals surface area contributed by atoms with Crippen molar-refractivity contribution in [2.24, 2.45) is 0 Å². The Morgan fingerprint density at radius 3 is 2.69 bits per heavy atom. The fourth-order valence-corrected chi connectivity index (χ4v) is 4.21. The summed E-state index contributed by atoms with van der Waals surface area (Å²) in [6.45, 7) is 1.89. The number of hydrogen-bond acceptors (Lipinski definition) is 8. The number of halogens is 1. The van der Waals surface area contributed by atoms with Gasteiger partial charge in [0.05, 0.1) is 23.0 Å². The van der Waals surface area contributed by atoms with Gasteiger partial charge in [-0.05, 0) is 48.4 Å². The van der Waals surface area contributed by atoms with Crippen LogP contribution in [0.1, 0.15) is 28.9 Å². The number of methoxy groups -OCH3 is 1. The summed E-state index contributed by atoms with van der Waals surface area (Å²) >= 11 is 1.38. The fraction of sp³-hybridized carbons (Fsp3) is 0.120. The lowest BCUT2D eigenvalue weighted by molar-refractivity contribution is 0.0964. The van der Waals surface area contributed by atoms with Gasteiger partial charge in [-0.15, -0.1) is 0 Å². The van der Waals surface area contributed by atoms with Gasteiger partial charge in [0.25, 0.3) is 5.91 Å². The standard InChI is InChI=1S/C25H23FN6O2S/c1-14(15-3-6-18(26)7-4-15)29-13-19(11-27)31-23(33)20-9-17(12-30-24(20)34-2)16-5-8-21-22(10-16)35-25(28)32-21/h3-14,27,29H,1-2H3,(H2,28,32)(H,31,33)/b19-13+,27-11?. The lowest BCUT2D eigenvalue weighted by atomic mass is 10.1. The topological polar surface area (TPSA) is 126 Å². The minimum absolute atomic E-state index is 0.159. The number of ether oxygens (including phenoxy) is 1. The van der Waals surface area contributed by atoms with Crippen molar-refractivity contribution >= 4 is 38.8 Å². The van der Waals surface area contributed by atoms with Gasteiger partial charge in [0.2, 0.25) is 5.88 Å². The molecular formula is C25H23FN6O2S. The van der Waals surface area contributed by atoms with Gasteiger partial charge in [0.1, 0.15) is 11.4 Å². The summed E-state index contributed by atoms with van der Waals surface area (Å²) in [6.07, 6.45) is 4.17. The second-order valence-electron chi connectivity index (χ2n) is 7.65. The Balaban J connectivity index is 1.55. The number of pyridine rings is 1. The van der Waals surface area contributed by atoms with E-state index in [1.807, 2.05) is 25.1 Å². The number of nitrogen functional groups attached to an aromatic ring is 1. The molecule has 0 fully saturated rings. The van der Waals surface area contributed by atoms with Gasteiger partial charge >= 0.3 is 0 Å². The predicted molar refractivity (Wildman–Crippen MR) is 136 cm³/mol. The molecule has 5 N–H and O–H groups in total. The Hall–Kier alpha value is -4.31. The molecule has 178 valence electrons. The normalized spacial score (nSPS) is 12.3. The van der Waals surface area contributed by atoms with E-state index in [1.165, 1.54) is 36.8 Å². The van der Waals surface area contributed by atoms with Gasteiger partial charge in [0, 0.05) is 30.2 Å². The number of nitrogens with zero attached hydrogens (tertiary/aromatic N) is 2. The summed E-state index contributed by atoms with van der Waals surface area (Å²) in [5.74, 6) is -0.638. The van der Waals surface area contributed by atoms with Crippen molar-refractivity contribution < 1.29 is 13.9 Å². The van der Waals surface area contributed by atoms with Crippen LogP contribution in [0.25, 0.3) is 21.3 Å². The number of carbonyl (C=O) groups is 1. The first-order chi connectivity index (χ1) is 16.9. The first-order valence-electron chi connectivity index (χ1n) is 10.6. The zero-order chi connectivity index (χ0) is 24.9. The van der Waals surface area contributed by atoms with Crippen molar-refractivity contribution in [3.63, 3.8) is 0 Å². The highest BCUT2D eigenvalue weighted by molar-refractivity contribution is 7.22. The largest absolute Gasteiger partial charge is 0.480 e. The Morgan fingerprint density at radius 1 is 1.20 bits per heavy atom. The number of anilines is 1. The summed E-state index contributed by atoms with van der Waals surface area (Å²) in [7, 11) is 1.43. The Kier molecular flexibility index (Phi) is 7.02. The average Bonchev–Trinajstić information content (AvgIpc) is 3.25. The average molecular weight is 491 g/mol. The van der Waals surface area contributed by atoms with E-state index in [0.717, 1.165) is 27.6 Å². The number of allylic oxidation sites excluding steroid dienone is 1. The van der Waals surface area contributed by atoms with Crippen LogP contribution in [-0.4, -0.2) is 29.2 Å². The molecule has 8 nitrogen and oxygen atoms in total. The molecule has 2 aromatic heterocycles. The van der Waals surface area contributed by atoms with Crippen molar-refractivity contribution in [3.8, 4) is 17.0 Å². The molecule has 4 aromatic rings. The molecule has 2 aromatic carbocycles. The molecule has 10 heteroatoms. The number of aromatic nitrogens is 2. The molecule has 1 amide bonds. The second-order valence-corrected chi connectivity index (χ2v) is 8.72. The highest BCUT2D eigenvalue weighted by Crippen LogP contribution is 2.30. The van der Waals surface area contributed by atoms with Crippen LogP contribution < -0.4 is 21.1 Å². The van der Waals surface area contributed by atoms with Crippen LogP contribution in [-0.2, 0) is 0 Å². The van der Waals surface area contributed by atoms with Gasteiger partial charge in [-0.1, -0.05) is 29.5 Å². The summed E-state index contributed by atoms with van der Waals surface area (Å²) < 4.78 is 19.4. The summed E-state index contributed by atoms with van der Waals surface area (Å²) in [4.78, 5) is 21.6. The van der Waals surface area contributed by atoms with Gasteiger partial charge < -0.3 is 26.5 Å². The van der Waals surface area contributed by atoms with Crippen molar-refractivity contribution in [3.05, 3.63) is 83.6 Å². The third-order valence-corrected chi connectivity index (χ3v) is 6.15. The molecule has 0 saturated heterocycles. The van der Waals surface area contributed by atoms with E-state index in [1.54, 1.807) is 24.4 Å². The minimum Gasteiger partial charge on any atom is -0.480 e.